The molecule has 0 saturated carbocycles. The molecule has 0 spiro atoms. The van der Waals surface area contributed by atoms with Crippen molar-refractivity contribution in [3.8, 4) is 0 Å². The van der Waals surface area contributed by atoms with Crippen LogP contribution < -0.4 is 0 Å². The molecule has 0 saturated heterocycles. The molecule has 4 atom stereocenters. The van der Waals surface area contributed by atoms with Gasteiger partial charge >= 0.3 is 0 Å². The van der Waals surface area contributed by atoms with Crippen LogP contribution in [0.3, 0.4) is 0 Å². The number of allylic oxidation sites excluding steroid dienone is 1. The summed E-state index contributed by atoms with van der Waals surface area (Å²) in [4.78, 5) is -1.86. The van der Waals surface area contributed by atoms with Crippen molar-refractivity contribution in [3.63, 3.8) is 0 Å². The molecule has 152 valence electrons. The summed E-state index contributed by atoms with van der Waals surface area (Å²) in [6, 6.07) is 8.18. The Bertz CT molecular complexity index is 780. The zero-order valence-electron chi connectivity index (χ0n) is 17.6. The van der Waals surface area contributed by atoms with Crippen molar-refractivity contribution < 1.29 is 18.0 Å². The predicted octanol–water partition coefficient (Wildman–Crippen LogP) is 4.77. The SMILES string of the molecule is C[C@H]1CC=C[C@](O)(S(=O)(=O)c2ccccc2)[C@@H](C)[C@@H]1O[Si](C)(C)C(C)(C)C. The summed E-state index contributed by atoms with van der Waals surface area (Å²) in [7, 11) is -6.11. The largest absolute Gasteiger partial charge is 0.413 e. The van der Waals surface area contributed by atoms with Gasteiger partial charge in [-0.2, -0.15) is 0 Å². The molecule has 0 fully saturated rings. The highest BCUT2D eigenvalue weighted by molar-refractivity contribution is 7.92. The minimum absolute atomic E-state index is 0.00257. The van der Waals surface area contributed by atoms with E-state index in [4.69, 9.17) is 4.43 Å². The second kappa shape index (κ2) is 7.47. The van der Waals surface area contributed by atoms with E-state index in [1.807, 2.05) is 0 Å². The number of aliphatic hydroxyl groups is 1. The summed E-state index contributed by atoms with van der Waals surface area (Å²) in [5.41, 5.74) is 0. The minimum Gasteiger partial charge on any atom is -0.413 e. The Morgan fingerprint density at radius 1 is 1.15 bits per heavy atom. The van der Waals surface area contributed by atoms with Crippen molar-refractivity contribution in [2.24, 2.45) is 11.8 Å². The first-order valence-corrected chi connectivity index (χ1v) is 14.0. The molecule has 1 aromatic rings. The molecule has 0 bridgehead atoms. The Hall–Kier alpha value is -0.953. The topological polar surface area (TPSA) is 63.6 Å². The van der Waals surface area contributed by atoms with Gasteiger partial charge in [0, 0.05) is 5.92 Å². The van der Waals surface area contributed by atoms with Crippen molar-refractivity contribution in [2.75, 3.05) is 0 Å². The van der Waals surface area contributed by atoms with Gasteiger partial charge in [0.15, 0.2) is 13.3 Å². The lowest BCUT2D eigenvalue weighted by atomic mass is 9.90. The third kappa shape index (κ3) is 4.09. The molecule has 0 aliphatic heterocycles. The van der Waals surface area contributed by atoms with E-state index < -0.39 is 29.0 Å². The van der Waals surface area contributed by atoms with Crippen molar-refractivity contribution in [2.45, 2.75) is 75.1 Å². The fourth-order valence-corrected chi connectivity index (χ4v) is 6.59. The monoisotopic (exact) mass is 410 g/mol. The van der Waals surface area contributed by atoms with Crippen LogP contribution >= 0.6 is 0 Å². The molecule has 1 aliphatic rings. The molecule has 4 nitrogen and oxygen atoms in total. The van der Waals surface area contributed by atoms with Gasteiger partial charge in [-0.05, 0) is 48.7 Å². The normalized spacial score (nSPS) is 30.1. The third-order valence-electron chi connectivity index (χ3n) is 6.29. The van der Waals surface area contributed by atoms with Crippen LogP contribution in [0, 0.1) is 11.8 Å². The molecular weight excluding hydrogens is 376 g/mol. The van der Waals surface area contributed by atoms with E-state index in [9.17, 15) is 13.5 Å². The van der Waals surface area contributed by atoms with E-state index in [1.54, 1.807) is 31.2 Å². The summed E-state index contributed by atoms with van der Waals surface area (Å²) in [6.45, 7) is 14.7. The molecule has 1 aromatic carbocycles. The van der Waals surface area contributed by atoms with E-state index in [-0.39, 0.29) is 22.0 Å². The fourth-order valence-electron chi connectivity index (χ4n) is 3.32. The van der Waals surface area contributed by atoms with Crippen LogP contribution in [0.5, 0.6) is 0 Å². The van der Waals surface area contributed by atoms with E-state index in [1.165, 1.54) is 18.2 Å². The molecule has 0 aromatic heterocycles. The Morgan fingerprint density at radius 2 is 1.70 bits per heavy atom. The Kier molecular flexibility index (Phi) is 6.18. The smallest absolute Gasteiger partial charge is 0.212 e. The Labute approximate surface area is 165 Å². The molecule has 0 radical (unpaired) electrons. The molecule has 1 N–H and O–H groups in total. The lowest BCUT2D eigenvalue weighted by Crippen LogP contribution is -2.53. The van der Waals surface area contributed by atoms with Crippen LogP contribution in [0.15, 0.2) is 47.4 Å². The highest BCUT2D eigenvalue weighted by Gasteiger charge is 2.52. The first-order chi connectivity index (χ1) is 12.2. The number of sulfone groups is 1. The third-order valence-corrected chi connectivity index (χ3v) is 13.0. The fraction of sp³-hybridized carbons (Fsp3) is 0.619. The van der Waals surface area contributed by atoms with Crippen LogP contribution in [-0.2, 0) is 14.3 Å². The predicted molar refractivity (Wildman–Crippen MR) is 113 cm³/mol. The maximum absolute atomic E-state index is 13.3. The van der Waals surface area contributed by atoms with E-state index >= 15 is 0 Å². The summed E-state index contributed by atoms with van der Waals surface area (Å²) < 4.78 is 33.3. The number of rotatable bonds is 4. The van der Waals surface area contributed by atoms with Crippen LogP contribution in [0.25, 0.3) is 0 Å². The molecule has 0 amide bonds. The molecule has 2 rings (SSSR count). The standard InChI is InChI=1S/C21H34O4SSi/c1-16-12-11-15-21(22,26(23,24)18-13-9-8-10-14-18)17(2)19(16)25-27(6,7)20(3,4)5/h8-11,13-17,19,22H,12H2,1-7H3/t16-,17-,19+,21-/m0/s1. The second-order valence-corrected chi connectivity index (χ2v) is 16.2. The van der Waals surface area contributed by atoms with Gasteiger partial charge in [0.25, 0.3) is 0 Å². The van der Waals surface area contributed by atoms with Gasteiger partial charge in [-0.15, -0.1) is 0 Å². The summed E-state index contributed by atoms with van der Waals surface area (Å²) in [5.74, 6) is -0.476. The zero-order chi connectivity index (χ0) is 20.7. The van der Waals surface area contributed by atoms with Gasteiger partial charge in [-0.1, -0.05) is 58.9 Å². The molecule has 27 heavy (non-hydrogen) atoms. The van der Waals surface area contributed by atoms with Crippen LogP contribution in [-0.4, -0.2) is 32.9 Å². The van der Waals surface area contributed by atoms with E-state index in [0.717, 1.165) is 0 Å². The molecular formula is C21H34O4SSi. The number of hydrogen-bond acceptors (Lipinski definition) is 4. The number of benzene rings is 1. The van der Waals surface area contributed by atoms with Gasteiger partial charge in [0.1, 0.15) is 0 Å². The Morgan fingerprint density at radius 3 is 2.22 bits per heavy atom. The van der Waals surface area contributed by atoms with Gasteiger partial charge in [-0.3, -0.25) is 0 Å². The lowest BCUT2D eigenvalue weighted by Gasteiger charge is -2.44. The first-order valence-electron chi connectivity index (χ1n) is 9.61. The second-order valence-electron chi connectivity index (χ2n) is 9.32. The van der Waals surface area contributed by atoms with Crippen molar-refractivity contribution >= 4 is 18.2 Å². The van der Waals surface area contributed by atoms with Gasteiger partial charge in [0.2, 0.25) is 9.84 Å². The highest BCUT2D eigenvalue weighted by Crippen LogP contribution is 2.44. The Balaban J connectivity index is 2.49. The molecule has 1 aliphatic carbocycles. The average molecular weight is 411 g/mol. The summed E-state index contributed by atoms with van der Waals surface area (Å²) in [5, 5.41) is 11.5. The molecule has 6 heteroatoms. The zero-order valence-corrected chi connectivity index (χ0v) is 19.4. The molecule has 0 heterocycles. The van der Waals surface area contributed by atoms with Crippen LogP contribution in [0.1, 0.15) is 41.0 Å². The maximum Gasteiger partial charge on any atom is 0.212 e. The lowest BCUT2D eigenvalue weighted by molar-refractivity contribution is 0.00546. The van der Waals surface area contributed by atoms with Crippen LogP contribution in [0.2, 0.25) is 18.1 Å². The summed E-state index contributed by atoms with van der Waals surface area (Å²) in [6.07, 6.45) is 3.59. The summed E-state index contributed by atoms with van der Waals surface area (Å²) >= 11 is 0. The van der Waals surface area contributed by atoms with Crippen molar-refractivity contribution in [1.82, 2.24) is 0 Å². The first kappa shape index (κ1) is 22.3. The maximum atomic E-state index is 13.3. The van der Waals surface area contributed by atoms with Crippen LogP contribution in [0.4, 0.5) is 0 Å². The van der Waals surface area contributed by atoms with Crippen molar-refractivity contribution in [3.05, 3.63) is 42.5 Å². The average Bonchev–Trinajstić information content (AvgIpc) is 2.67. The molecule has 0 unspecified atom stereocenters. The van der Waals surface area contributed by atoms with Crippen molar-refractivity contribution in [1.29, 1.82) is 0 Å². The quantitative estimate of drug-likeness (QED) is 0.573. The van der Waals surface area contributed by atoms with E-state index in [2.05, 4.69) is 40.8 Å². The van der Waals surface area contributed by atoms with E-state index in [0.29, 0.717) is 6.42 Å². The van der Waals surface area contributed by atoms with Gasteiger partial charge < -0.3 is 9.53 Å². The van der Waals surface area contributed by atoms with Gasteiger partial charge in [-0.25, -0.2) is 8.42 Å². The van der Waals surface area contributed by atoms with Gasteiger partial charge in [0.05, 0.1) is 11.0 Å². The number of hydrogen-bond donors (Lipinski definition) is 1. The minimum atomic E-state index is -3.98. The highest BCUT2D eigenvalue weighted by atomic mass is 32.2.